The van der Waals surface area contributed by atoms with Crippen LogP contribution in [-0.4, -0.2) is 23.7 Å². The molecule has 29 heavy (non-hydrogen) atoms. The van der Waals surface area contributed by atoms with Crippen molar-refractivity contribution >= 4 is 16.7 Å². The lowest BCUT2D eigenvalue weighted by atomic mass is 9.72. The lowest BCUT2D eigenvalue weighted by Gasteiger charge is -2.37. The zero-order valence-electron chi connectivity index (χ0n) is 18.3. The van der Waals surface area contributed by atoms with Crippen LogP contribution in [0.25, 0.3) is 10.8 Å². The minimum atomic E-state index is -0.779. The number of benzene rings is 2. The molecule has 0 aliphatic heterocycles. The quantitative estimate of drug-likeness (QED) is 0.589. The minimum absolute atomic E-state index is 0.122. The van der Waals surface area contributed by atoms with Gasteiger partial charge in [0.2, 0.25) is 0 Å². The van der Waals surface area contributed by atoms with Crippen molar-refractivity contribution in [3.05, 3.63) is 41.5 Å². The summed E-state index contributed by atoms with van der Waals surface area (Å²) in [5.41, 5.74) is 2.71. The molecule has 1 aliphatic carbocycles. The van der Waals surface area contributed by atoms with Gasteiger partial charge in [-0.05, 0) is 66.3 Å². The number of carboxylic acid groups (broad SMARTS) is 1. The van der Waals surface area contributed by atoms with E-state index >= 15 is 0 Å². The number of ether oxygens (including phenoxy) is 1. The van der Waals surface area contributed by atoms with Crippen molar-refractivity contribution in [1.29, 1.82) is 0 Å². The molecule has 0 amide bonds. The Bertz CT molecular complexity index is 845. The summed E-state index contributed by atoms with van der Waals surface area (Å²) in [4.78, 5) is 10.8. The number of rotatable bonds is 7. The molecule has 1 saturated carbocycles. The fraction of sp³-hybridized carbons (Fsp3) is 0.560. The SMILES string of the molecule is Cc1cc(OC2CCC(C(C)(C)C)CC2)c(CNCCC(=O)O)c2ccccc12. The van der Waals surface area contributed by atoms with Gasteiger partial charge < -0.3 is 15.2 Å². The molecule has 4 nitrogen and oxygen atoms in total. The van der Waals surface area contributed by atoms with Crippen LogP contribution in [0.4, 0.5) is 0 Å². The maximum absolute atomic E-state index is 10.8. The van der Waals surface area contributed by atoms with Crippen LogP contribution in [0.3, 0.4) is 0 Å². The molecule has 1 aliphatic rings. The van der Waals surface area contributed by atoms with Crippen molar-refractivity contribution < 1.29 is 14.6 Å². The van der Waals surface area contributed by atoms with Crippen LogP contribution in [0.5, 0.6) is 5.75 Å². The van der Waals surface area contributed by atoms with Crippen molar-refractivity contribution in [2.24, 2.45) is 11.3 Å². The van der Waals surface area contributed by atoms with Crippen LogP contribution >= 0.6 is 0 Å². The molecule has 4 heteroatoms. The molecule has 0 atom stereocenters. The Morgan fingerprint density at radius 1 is 1.14 bits per heavy atom. The minimum Gasteiger partial charge on any atom is -0.490 e. The Morgan fingerprint density at radius 3 is 2.41 bits per heavy atom. The summed E-state index contributed by atoms with van der Waals surface area (Å²) in [5, 5.41) is 14.6. The zero-order chi connectivity index (χ0) is 21.0. The van der Waals surface area contributed by atoms with Crippen LogP contribution in [0.1, 0.15) is 64.0 Å². The van der Waals surface area contributed by atoms with Gasteiger partial charge in [-0.3, -0.25) is 4.79 Å². The Labute approximate surface area is 174 Å². The zero-order valence-corrected chi connectivity index (χ0v) is 18.3. The molecule has 2 N–H and O–H groups in total. The van der Waals surface area contributed by atoms with Crippen molar-refractivity contribution in [2.75, 3.05) is 6.54 Å². The highest BCUT2D eigenvalue weighted by atomic mass is 16.5. The fourth-order valence-electron chi connectivity index (χ4n) is 4.51. The molecule has 2 aromatic carbocycles. The highest BCUT2D eigenvalue weighted by Crippen LogP contribution is 2.40. The second kappa shape index (κ2) is 9.17. The molecule has 0 saturated heterocycles. The van der Waals surface area contributed by atoms with E-state index in [1.807, 2.05) is 0 Å². The highest BCUT2D eigenvalue weighted by Gasteiger charge is 2.30. The van der Waals surface area contributed by atoms with Gasteiger partial charge in [-0.2, -0.15) is 0 Å². The van der Waals surface area contributed by atoms with Crippen LogP contribution in [0.2, 0.25) is 0 Å². The van der Waals surface area contributed by atoms with E-state index in [9.17, 15) is 4.79 Å². The van der Waals surface area contributed by atoms with E-state index in [0.717, 1.165) is 30.1 Å². The molecule has 3 rings (SSSR count). The first-order valence-electron chi connectivity index (χ1n) is 10.9. The Balaban J connectivity index is 1.79. The van der Waals surface area contributed by atoms with E-state index in [2.05, 4.69) is 63.3 Å². The van der Waals surface area contributed by atoms with Crippen molar-refractivity contribution in [3.8, 4) is 5.75 Å². The average Bonchev–Trinajstić information content (AvgIpc) is 2.67. The van der Waals surface area contributed by atoms with Gasteiger partial charge in [0, 0.05) is 18.7 Å². The Morgan fingerprint density at radius 2 is 1.79 bits per heavy atom. The molecular formula is C25H35NO3. The van der Waals surface area contributed by atoms with Crippen molar-refractivity contribution in [2.45, 2.75) is 72.4 Å². The average molecular weight is 398 g/mol. The van der Waals surface area contributed by atoms with E-state index in [1.165, 1.54) is 29.2 Å². The number of carbonyl (C=O) groups is 1. The molecule has 0 heterocycles. The predicted molar refractivity (Wildman–Crippen MR) is 118 cm³/mol. The number of nitrogens with one attached hydrogen (secondary N) is 1. The number of aryl methyl sites for hydroxylation is 1. The maximum Gasteiger partial charge on any atom is 0.304 e. The molecule has 0 bridgehead atoms. The van der Waals surface area contributed by atoms with E-state index in [1.54, 1.807) is 0 Å². The standard InChI is InChI=1S/C25H35NO3/c1-17-15-23(29-19-11-9-18(10-12-19)25(2,3)4)22(16-26-14-13-24(27)28)21-8-6-5-7-20(17)21/h5-8,15,18-19,26H,9-14,16H2,1-4H3,(H,27,28). The molecule has 0 unspecified atom stereocenters. The lowest BCUT2D eigenvalue weighted by molar-refractivity contribution is -0.136. The summed E-state index contributed by atoms with van der Waals surface area (Å²) in [6.45, 7) is 10.2. The first-order chi connectivity index (χ1) is 13.8. The van der Waals surface area contributed by atoms with E-state index in [4.69, 9.17) is 9.84 Å². The third-order valence-corrected chi connectivity index (χ3v) is 6.33. The van der Waals surface area contributed by atoms with Gasteiger partial charge >= 0.3 is 5.97 Å². The Hall–Kier alpha value is -2.07. The van der Waals surface area contributed by atoms with Gasteiger partial charge in [0.1, 0.15) is 5.75 Å². The van der Waals surface area contributed by atoms with E-state index in [0.29, 0.717) is 18.5 Å². The van der Waals surface area contributed by atoms with Gasteiger partial charge in [-0.1, -0.05) is 45.0 Å². The van der Waals surface area contributed by atoms with Crippen LogP contribution in [0, 0.1) is 18.3 Å². The van der Waals surface area contributed by atoms with Crippen molar-refractivity contribution in [1.82, 2.24) is 5.32 Å². The molecule has 0 spiro atoms. The highest BCUT2D eigenvalue weighted by molar-refractivity contribution is 5.90. The van der Waals surface area contributed by atoms with Crippen molar-refractivity contribution in [3.63, 3.8) is 0 Å². The van der Waals surface area contributed by atoms with E-state index < -0.39 is 5.97 Å². The summed E-state index contributed by atoms with van der Waals surface area (Å²) in [5.74, 6) is 0.930. The molecular weight excluding hydrogens is 362 g/mol. The first kappa shape index (κ1) is 21.6. The molecule has 2 aromatic rings. The normalized spacial score (nSPS) is 20.0. The smallest absolute Gasteiger partial charge is 0.304 e. The fourth-order valence-corrected chi connectivity index (χ4v) is 4.51. The second-order valence-electron chi connectivity index (χ2n) is 9.49. The number of carboxylic acids is 1. The number of aliphatic carboxylic acids is 1. The summed E-state index contributed by atoms with van der Waals surface area (Å²) >= 11 is 0. The third kappa shape index (κ3) is 5.51. The van der Waals surface area contributed by atoms with Crippen LogP contribution in [0.15, 0.2) is 30.3 Å². The molecule has 0 aromatic heterocycles. The lowest BCUT2D eigenvalue weighted by Crippen LogP contribution is -2.30. The van der Waals surface area contributed by atoms with Gasteiger partial charge in [-0.25, -0.2) is 0 Å². The summed E-state index contributed by atoms with van der Waals surface area (Å²) < 4.78 is 6.56. The van der Waals surface area contributed by atoms with E-state index in [-0.39, 0.29) is 12.5 Å². The monoisotopic (exact) mass is 397 g/mol. The van der Waals surface area contributed by atoms with Crippen LogP contribution < -0.4 is 10.1 Å². The summed E-state index contributed by atoms with van der Waals surface area (Å²) in [6, 6.07) is 10.6. The van der Waals surface area contributed by atoms with Gasteiger partial charge in [0.15, 0.2) is 0 Å². The second-order valence-corrected chi connectivity index (χ2v) is 9.49. The Kier molecular flexibility index (Phi) is 6.84. The predicted octanol–water partition coefficient (Wildman–Crippen LogP) is 5.70. The number of hydrogen-bond acceptors (Lipinski definition) is 3. The largest absolute Gasteiger partial charge is 0.490 e. The summed E-state index contributed by atoms with van der Waals surface area (Å²) in [7, 11) is 0. The molecule has 158 valence electrons. The maximum atomic E-state index is 10.8. The molecule has 0 radical (unpaired) electrons. The van der Waals surface area contributed by atoms with Gasteiger partial charge in [0.25, 0.3) is 0 Å². The number of fused-ring (bicyclic) bond motifs is 1. The summed E-state index contributed by atoms with van der Waals surface area (Å²) in [6.07, 6.45) is 5.00. The van der Waals surface area contributed by atoms with Crippen LogP contribution in [-0.2, 0) is 11.3 Å². The van der Waals surface area contributed by atoms with Gasteiger partial charge in [0.05, 0.1) is 12.5 Å². The topological polar surface area (TPSA) is 58.6 Å². The van der Waals surface area contributed by atoms with Gasteiger partial charge in [-0.15, -0.1) is 0 Å². The third-order valence-electron chi connectivity index (χ3n) is 6.33. The first-order valence-corrected chi connectivity index (χ1v) is 10.9. The number of hydrogen-bond donors (Lipinski definition) is 2. The molecule has 1 fully saturated rings.